The van der Waals surface area contributed by atoms with Gasteiger partial charge in [-0.05, 0) is 24.5 Å². The average molecular weight is 412 g/mol. The molecule has 0 bridgehead atoms. The number of ether oxygens (including phenoxy) is 1. The summed E-state index contributed by atoms with van der Waals surface area (Å²) in [7, 11) is 0. The van der Waals surface area contributed by atoms with Crippen molar-refractivity contribution in [2.45, 2.75) is 43.0 Å². The van der Waals surface area contributed by atoms with Crippen molar-refractivity contribution in [3.63, 3.8) is 0 Å². The van der Waals surface area contributed by atoms with E-state index in [1.807, 2.05) is 24.4 Å². The van der Waals surface area contributed by atoms with Crippen molar-refractivity contribution in [2.24, 2.45) is 20.7 Å². The number of H-pyrrole nitrogens is 1. The van der Waals surface area contributed by atoms with E-state index in [0.717, 1.165) is 16.5 Å². The zero-order valence-corrected chi connectivity index (χ0v) is 16.2. The predicted molar refractivity (Wildman–Crippen MR) is 111 cm³/mol. The molecule has 10 heteroatoms. The van der Waals surface area contributed by atoms with Gasteiger partial charge < -0.3 is 35.7 Å². The third kappa shape index (κ3) is 2.96. The molecule has 0 radical (unpaired) electrons. The summed E-state index contributed by atoms with van der Waals surface area (Å²) < 4.78 is 5.64. The van der Waals surface area contributed by atoms with Crippen LogP contribution in [0.15, 0.2) is 45.4 Å². The second-order valence-corrected chi connectivity index (χ2v) is 7.83. The Kier molecular flexibility index (Phi) is 4.68. The number of hydrogen-bond donors (Lipinski definition) is 5. The molecule has 6 N–H and O–H groups in total. The van der Waals surface area contributed by atoms with Gasteiger partial charge in [-0.15, -0.1) is 0 Å². The molecule has 0 saturated carbocycles. The summed E-state index contributed by atoms with van der Waals surface area (Å²) in [5.41, 5.74) is 8.34. The standard InChI is InChI=1S/C20H24N6O4/c21-20(6-5-11-7-22-13-4-2-1-3-12(11)13)17-18(23-9-25-20)26(10-24-17)19-16(29)15(28)14(8-27)30-19/h1-4,7,9,14-16,19,22,27-29H,5-6,8,10,21H2/t14-,15-,16-,19-,20?/m1/s1. The van der Waals surface area contributed by atoms with Gasteiger partial charge in [0.15, 0.2) is 17.7 Å². The Morgan fingerprint density at radius 2 is 2.10 bits per heavy atom. The molecule has 0 aliphatic carbocycles. The van der Waals surface area contributed by atoms with Crippen molar-refractivity contribution < 1.29 is 20.1 Å². The number of aryl methyl sites for hydroxylation is 1. The molecule has 3 aliphatic heterocycles. The van der Waals surface area contributed by atoms with Crippen molar-refractivity contribution in [1.29, 1.82) is 0 Å². The zero-order valence-electron chi connectivity index (χ0n) is 16.2. The van der Waals surface area contributed by atoms with Gasteiger partial charge in [0, 0.05) is 17.1 Å². The first-order valence-corrected chi connectivity index (χ1v) is 9.91. The molecule has 5 rings (SSSR count). The second kappa shape index (κ2) is 7.25. The van der Waals surface area contributed by atoms with Gasteiger partial charge in [-0.2, -0.15) is 0 Å². The van der Waals surface area contributed by atoms with Gasteiger partial charge in [-0.1, -0.05) is 18.2 Å². The Labute approximate surface area is 172 Å². The van der Waals surface area contributed by atoms with E-state index in [-0.39, 0.29) is 6.67 Å². The van der Waals surface area contributed by atoms with E-state index in [1.165, 1.54) is 6.34 Å². The third-order valence-corrected chi connectivity index (χ3v) is 6.02. The summed E-state index contributed by atoms with van der Waals surface area (Å²) in [6, 6.07) is 8.08. The van der Waals surface area contributed by atoms with Crippen LogP contribution in [0.3, 0.4) is 0 Å². The molecule has 1 aromatic carbocycles. The fraction of sp³-hybridized carbons (Fsp3) is 0.450. The van der Waals surface area contributed by atoms with Crippen LogP contribution in [0.5, 0.6) is 0 Å². The molecule has 0 spiro atoms. The normalized spacial score (nSPS) is 33.1. The number of nitrogens with zero attached hydrogens (tertiary/aromatic N) is 4. The van der Waals surface area contributed by atoms with Crippen molar-refractivity contribution in [3.05, 3.63) is 36.0 Å². The minimum atomic E-state index is -1.20. The molecule has 2 aromatic rings. The van der Waals surface area contributed by atoms with Gasteiger partial charge in [-0.25, -0.2) is 9.98 Å². The van der Waals surface area contributed by atoms with Crippen molar-refractivity contribution in [1.82, 2.24) is 9.88 Å². The van der Waals surface area contributed by atoms with Crippen LogP contribution in [-0.4, -0.2) is 86.6 Å². The fourth-order valence-corrected chi connectivity index (χ4v) is 4.32. The molecular weight excluding hydrogens is 388 g/mol. The highest BCUT2D eigenvalue weighted by Gasteiger charge is 2.50. The van der Waals surface area contributed by atoms with Crippen molar-refractivity contribution in [2.75, 3.05) is 13.3 Å². The number of amidine groups is 1. The van der Waals surface area contributed by atoms with Crippen LogP contribution >= 0.6 is 0 Å². The van der Waals surface area contributed by atoms with Gasteiger partial charge in [0.1, 0.15) is 37.0 Å². The van der Waals surface area contributed by atoms with E-state index >= 15 is 0 Å². The molecule has 1 saturated heterocycles. The maximum absolute atomic E-state index is 10.4. The average Bonchev–Trinajstić information content (AvgIpc) is 3.44. The van der Waals surface area contributed by atoms with Gasteiger partial charge >= 0.3 is 0 Å². The second-order valence-electron chi connectivity index (χ2n) is 7.83. The summed E-state index contributed by atoms with van der Waals surface area (Å²) in [4.78, 5) is 18.2. The Bertz CT molecular complexity index is 1050. The Morgan fingerprint density at radius 1 is 1.27 bits per heavy atom. The molecule has 1 aromatic heterocycles. The highest BCUT2D eigenvalue weighted by Crippen LogP contribution is 2.30. The van der Waals surface area contributed by atoms with Crippen LogP contribution < -0.4 is 5.73 Å². The number of nitrogens with one attached hydrogen (secondary N) is 1. The van der Waals surface area contributed by atoms with Crippen LogP contribution in [0.1, 0.15) is 12.0 Å². The predicted octanol–water partition coefficient (Wildman–Crippen LogP) is -0.651. The number of hydrogen-bond acceptors (Lipinski definition) is 9. The SMILES string of the molecule is NC1(CCc2c[nH]c3ccccc23)N=CN=C2C1=NCN2[C@@H]1O[C@H](CO)[C@@H](O)[C@H]1O. The van der Waals surface area contributed by atoms with E-state index in [2.05, 4.69) is 26.0 Å². The van der Waals surface area contributed by atoms with Crippen LogP contribution in [0.25, 0.3) is 10.9 Å². The molecule has 30 heavy (non-hydrogen) atoms. The molecule has 4 heterocycles. The number of rotatable bonds is 5. The highest BCUT2D eigenvalue weighted by molar-refractivity contribution is 6.47. The van der Waals surface area contributed by atoms with Crippen LogP contribution in [0.4, 0.5) is 0 Å². The highest BCUT2D eigenvalue weighted by atomic mass is 16.6. The number of aliphatic hydroxyl groups is 3. The van der Waals surface area contributed by atoms with Gasteiger partial charge in [0.2, 0.25) is 0 Å². The number of fused-ring (bicyclic) bond motifs is 2. The first-order chi connectivity index (χ1) is 14.5. The maximum atomic E-state index is 10.4. The summed E-state index contributed by atoms with van der Waals surface area (Å²) in [5.74, 6) is 0.473. The zero-order chi connectivity index (χ0) is 20.9. The minimum absolute atomic E-state index is 0.177. The minimum Gasteiger partial charge on any atom is -0.394 e. The van der Waals surface area contributed by atoms with E-state index < -0.39 is 36.8 Å². The van der Waals surface area contributed by atoms with Gasteiger partial charge in [-0.3, -0.25) is 4.99 Å². The largest absolute Gasteiger partial charge is 0.394 e. The van der Waals surface area contributed by atoms with Crippen LogP contribution in [0.2, 0.25) is 0 Å². The third-order valence-electron chi connectivity index (χ3n) is 6.02. The maximum Gasteiger partial charge on any atom is 0.162 e. The number of benzene rings is 1. The van der Waals surface area contributed by atoms with Crippen LogP contribution in [0, 0.1) is 0 Å². The Hall–Kier alpha value is -2.63. The van der Waals surface area contributed by atoms with Crippen molar-refractivity contribution >= 4 is 28.8 Å². The summed E-state index contributed by atoms with van der Waals surface area (Å²) in [6.45, 7) is -0.216. The molecule has 3 aliphatic rings. The Morgan fingerprint density at radius 3 is 2.90 bits per heavy atom. The molecule has 1 fully saturated rings. The molecule has 5 atom stereocenters. The Balaban J connectivity index is 1.34. The molecule has 1 unspecified atom stereocenters. The number of aromatic amines is 1. The van der Waals surface area contributed by atoms with Crippen LogP contribution in [-0.2, 0) is 11.2 Å². The van der Waals surface area contributed by atoms with E-state index in [9.17, 15) is 15.3 Å². The molecule has 158 valence electrons. The summed E-state index contributed by atoms with van der Waals surface area (Å²) in [6.07, 6.45) is 0.479. The number of nitrogens with two attached hydrogens (primary N) is 1. The smallest absolute Gasteiger partial charge is 0.162 e. The monoisotopic (exact) mass is 412 g/mol. The van der Waals surface area contributed by atoms with E-state index in [0.29, 0.717) is 24.4 Å². The lowest BCUT2D eigenvalue weighted by atomic mass is 9.94. The van der Waals surface area contributed by atoms with E-state index in [1.54, 1.807) is 4.90 Å². The first-order valence-electron chi connectivity index (χ1n) is 9.91. The lowest BCUT2D eigenvalue weighted by molar-refractivity contribution is -0.0688. The summed E-state index contributed by atoms with van der Waals surface area (Å²) in [5, 5.41) is 30.9. The number of aliphatic hydroxyl groups excluding tert-OH is 3. The number of aromatic nitrogens is 1. The van der Waals surface area contributed by atoms with Gasteiger partial charge in [0.25, 0.3) is 0 Å². The van der Waals surface area contributed by atoms with E-state index in [4.69, 9.17) is 10.5 Å². The fourth-order valence-electron chi connectivity index (χ4n) is 4.32. The summed E-state index contributed by atoms with van der Waals surface area (Å²) >= 11 is 0. The van der Waals surface area contributed by atoms with Crippen molar-refractivity contribution in [3.8, 4) is 0 Å². The number of para-hydroxylation sites is 1. The number of aliphatic imine (C=N–C) groups is 3. The first kappa shape index (κ1) is 19.3. The lowest BCUT2D eigenvalue weighted by Gasteiger charge is -2.32. The molecular formula is C20H24N6O4. The lowest BCUT2D eigenvalue weighted by Crippen LogP contribution is -2.55. The molecule has 0 amide bonds. The topological polar surface area (TPSA) is 152 Å². The molecule has 10 nitrogen and oxygen atoms in total. The quantitative estimate of drug-likeness (QED) is 0.440. The van der Waals surface area contributed by atoms with Gasteiger partial charge in [0.05, 0.1) is 6.61 Å².